The van der Waals surface area contributed by atoms with E-state index in [1.54, 1.807) is 7.11 Å². The highest BCUT2D eigenvalue weighted by atomic mass is 16.5. The van der Waals surface area contributed by atoms with E-state index in [-0.39, 0.29) is 17.4 Å². The van der Waals surface area contributed by atoms with E-state index in [0.29, 0.717) is 19.5 Å². The highest BCUT2D eigenvalue weighted by molar-refractivity contribution is 5.76. The molecule has 0 bridgehead atoms. The second kappa shape index (κ2) is 8.02. The Balaban J connectivity index is 2.41. The van der Waals surface area contributed by atoms with Gasteiger partial charge in [-0.3, -0.25) is 4.79 Å². The van der Waals surface area contributed by atoms with E-state index in [4.69, 9.17) is 10.5 Å². The van der Waals surface area contributed by atoms with Gasteiger partial charge in [0.05, 0.1) is 12.5 Å². The Hall–Kier alpha value is -1.39. The van der Waals surface area contributed by atoms with Crippen molar-refractivity contribution in [2.24, 2.45) is 11.1 Å². The van der Waals surface area contributed by atoms with Gasteiger partial charge in [0.15, 0.2) is 0 Å². The fourth-order valence-electron chi connectivity index (χ4n) is 2.09. The van der Waals surface area contributed by atoms with Gasteiger partial charge < -0.3 is 15.8 Å². The summed E-state index contributed by atoms with van der Waals surface area (Å²) in [6.07, 6.45) is 1.04. The van der Waals surface area contributed by atoms with Crippen LogP contribution in [0.4, 0.5) is 0 Å². The SMILES string of the molecule is COC(CN)CC(=O)NCC(C)(C)Cc1ccccc1. The van der Waals surface area contributed by atoms with Crippen molar-refractivity contribution >= 4 is 5.91 Å². The lowest BCUT2D eigenvalue weighted by Crippen LogP contribution is -2.38. The van der Waals surface area contributed by atoms with Crippen LogP contribution in [-0.4, -0.2) is 32.2 Å². The summed E-state index contributed by atoms with van der Waals surface area (Å²) >= 11 is 0. The molecule has 0 aliphatic heterocycles. The highest BCUT2D eigenvalue weighted by Gasteiger charge is 2.20. The Morgan fingerprint density at radius 2 is 2.00 bits per heavy atom. The van der Waals surface area contributed by atoms with E-state index in [0.717, 1.165) is 6.42 Å². The maximum absolute atomic E-state index is 11.8. The molecule has 0 radical (unpaired) electrons. The van der Waals surface area contributed by atoms with Gasteiger partial charge in [-0.1, -0.05) is 44.2 Å². The van der Waals surface area contributed by atoms with Gasteiger partial charge in [-0.15, -0.1) is 0 Å². The second-order valence-corrected chi connectivity index (χ2v) is 5.90. The van der Waals surface area contributed by atoms with Gasteiger partial charge >= 0.3 is 0 Å². The summed E-state index contributed by atoms with van der Waals surface area (Å²) in [5.74, 6) is -0.0107. The Kier molecular flexibility index (Phi) is 6.68. The average molecular weight is 278 g/mol. The molecule has 4 heteroatoms. The summed E-state index contributed by atoms with van der Waals surface area (Å²) in [5.41, 5.74) is 6.81. The number of methoxy groups -OCH3 is 1. The molecule has 112 valence electrons. The molecule has 0 aliphatic rings. The highest BCUT2D eigenvalue weighted by Crippen LogP contribution is 2.20. The Bertz CT molecular complexity index is 400. The minimum atomic E-state index is -0.202. The van der Waals surface area contributed by atoms with E-state index in [9.17, 15) is 4.79 Å². The van der Waals surface area contributed by atoms with Gasteiger partial charge in [-0.25, -0.2) is 0 Å². The molecule has 0 aromatic heterocycles. The number of hydrogen-bond donors (Lipinski definition) is 2. The molecule has 1 atom stereocenters. The summed E-state index contributed by atoms with van der Waals surface area (Å²) in [4.78, 5) is 11.8. The maximum Gasteiger partial charge on any atom is 0.222 e. The van der Waals surface area contributed by atoms with Crippen molar-refractivity contribution in [2.45, 2.75) is 32.8 Å². The first-order valence-corrected chi connectivity index (χ1v) is 7.00. The van der Waals surface area contributed by atoms with Crippen molar-refractivity contribution < 1.29 is 9.53 Å². The lowest BCUT2D eigenvalue weighted by molar-refractivity contribution is -0.123. The molecule has 1 rings (SSSR count). The number of ether oxygens (including phenoxy) is 1. The van der Waals surface area contributed by atoms with Crippen LogP contribution >= 0.6 is 0 Å². The molecule has 3 N–H and O–H groups in total. The van der Waals surface area contributed by atoms with Crippen LogP contribution in [0.1, 0.15) is 25.8 Å². The predicted octanol–water partition coefficient (Wildman–Crippen LogP) is 1.74. The summed E-state index contributed by atoms with van der Waals surface area (Å²) in [7, 11) is 1.57. The van der Waals surface area contributed by atoms with E-state index in [1.165, 1.54) is 5.56 Å². The first kappa shape index (κ1) is 16.7. The molecule has 0 saturated carbocycles. The largest absolute Gasteiger partial charge is 0.380 e. The Morgan fingerprint density at radius 1 is 1.35 bits per heavy atom. The third-order valence-corrected chi connectivity index (χ3v) is 3.30. The molecule has 20 heavy (non-hydrogen) atoms. The zero-order chi connectivity index (χ0) is 15.0. The lowest BCUT2D eigenvalue weighted by atomic mass is 9.85. The van der Waals surface area contributed by atoms with Crippen LogP contribution in [0.3, 0.4) is 0 Å². The summed E-state index contributed by atoms with van der Waals surface area (Å²) in [6, 6.07) is 10.3. The van der Waals surface area contributed by atoms with Crippen molar-refractivity contribution in [3.63, 3.8) is 0 Å². The van der Waals surface area contributed by atoms with Gasteiger partial charge in [-0.05, 0) is 17.4 Å². The topological polar surface area (TPSA) is 64.3 Å². The van der Waals surface area contributed by atoms with Gasteiger partial charge in [0.25, 0.3) is 0 Å². The number of nitrogens with two attached hydrogens (primary N) is 1. The first-order valence-electron chi connectivity index (χ1n) is 7.00. The molecular formula is C16H26N2O2. The average Bonchev–Trinajstić information content (AvgIpc) is 2.43. The number of carbonyl (C=O) groups excluding carboxylic acids is 1. The molecule has 0 saturated heterocycles. The number of nitrogens with one attached hydrogen (secondary N) is 1. The molecular weight excluding hydrogens is 252 g/mol. The van der Waals surface area contributed by atoms with Gasteiger partial charge in [0.2, 0.25) is 5.91 Å². The van der Waals surface area contributed by atoms with E-state index in [1.807, 2.05) is 18.2 Å². The van der Waals surface area contributed by atoms with Crippen LogP contribution in [0, 0.1) is 5.41 Å². The quantitative estimate of drug-likeness (QED) is 0.761. The number of carbonyl (C=O) groups is 1. The predicted molar refractivity (Wildman–Crippen MR) is 81.4 cm³/mol. The fraction of sp³-hybridized carbons (Fsp3) is 0.562. The summed E-state index contributed by atoms with van der Waals surface area (Å²) < 4.78 is 5.11. The number of hydrogen-bond acceptors (Lipinski definition) is 3. The summed E-state index contributed by atoms with van der Waals surface area (Å²) in [6.45, 7) is 5.30. The normalized spacial score (nSPS) is 13.0. The van der Waals surface area contributed by atoms with Crippen molar-refractivity contribution in [2.75, 3.05) is 20.2 Å². The number of rotatable bonds is 8. The Morgan fingerprint density at radius 3 is 2.55 bits per heavy atom. The lowest BCUT2D eigenvalue weighted by Gasteiger charge is -2.25. The Labute approximate surface area is 121 Å². The van der Waals surface area contributed by atoms with E-state index < -0.39 is 0 Å². The molecule has 4 nitrogen and oxygen atoms in total. The smallest absolute Gasteiger partial charge is 0.222 e. The van der Waals surface area contributed by atoms with Crippen LogP contribution in [0.25, 0.3) is 0 Å². The maximum atomic E-state index is 11.8. The van der Waals surface area contributed by atoms with Crippen LogP contribution in [-0.2, 0) is 16.0 Å². The molecule has 1 aromatic rings. The standard InChI is InChI=1S/C16H26N2O2/c1-16(2,10-13-7-5-4-6-8-13)12-18-15(19)9-14(11-17)20-3/h4-8,14H,9-12,17H2,1-3H3,(H,18,19). The van der Waals surface area contributed by atoms with Crippen molar-refractivity contribution in [3.05, 3.63) is 35.9 Å². The van der Waals surface area contributed by atoms with Crippen LogP contribution in [0.5, 0.6) is 0 Å². The monoisotopic (exact) mass is 278 g/mol. The van der Waals surface area contributed by atoms with Gasteiger partial charge in [0, 0.05) is 20.2 Å². The van der Waals surface area contributed by atoms with Crippen LogP contribution in [0.2, 0.25) is 0 Å². The molecule has 0 heterocycles. The number of amides is 1. The second-order valence-electron chi connectivity index (χ2n) is 5.90. The van der Waals surface area contributed by atoms with Crippen LogP contribution < -0.4 is 11.1 Å². The molecule has 0 fully saturated rings. The molecule has 1 aromatic carbocycles. The molecule has 1 amide bonds. The van der Waals surface area contributed by atoms with E-state index in [2.05, 4.69) is 31.3 Å². The van der Waals surface area contributed by atoms with E-state index >= 15 is 0 Å². The van der Waals surface area contributed by atoms with Crippen molar-refractivity contribution in [3.8, 4) is 0 Å². The zero-order valence-electron chi connectivity index (χ0n) is 12.7. The summed E-state index contributed by atoms with van der Waals surface area (Å²) in [5, 5.41) is 2.97. The first-order chi connectivity index (χ1) is 9.46. The number of benzene rings is 1. The minimum Gasteiger partial charge on any atom is -0.380 e. The third-order valence-electron chi connectivity index (χ3n) is 3.30. The van der Waals surface area contributed by atoms with Gasteiger partial charge in [-0.2, -0.15) is 0 Å². The van der Waals surface area contributed by atoms with Gasteiger partial charge in [0.1, 0.15) is 0 Å². The molecule has 1 unspecified atom stereocenters. The molecule has 0 aliphatic carbocycles. The fourth-order valence-corrected chi connectivity index (χ4v) is 2.09. The third kappa shape index (κ3) is 6.17. The van der Waals surface area contributed by atoms with Crippen molar-refractivity contribution in [1.29, 1.82) is 0 Å². The molecule has 0 spiro atoms. The zero-order valence-corrected chi connectivity index (χ0v) is 12.7. The minimum absolute atomic E-state index is 0.0107. The van der Waals surface area contributed by atoms with Crippen molar-refractivity contribution in [1.82, 2.24) is 5.32 Å². The van der Waals surface area contributed by atoms with Crippen LogP contribution in [0.15, 0.2) is 30.3 Å².